The molecule has 4 fully saturated rings. The molecule has 3 saturated heterocycles. The quantitative estimate of drug-likeness (QED) is 0.227. The molecule has 1 aromatic rings. The maximum absolute atomic E-state index is 15.3. The van der Waals surface area contributed by atoms with Crippen LogP contribution in [-0.2, 0) is 23.9 Å². The van der Waals surface area contributed by atoms with Crippen LogP contribution in [0.2, 0.25) is 5.02 Å². The van der Waals surface area contributed by atoms with Crippen molar-refractivity contribution in [2.75, 3.05) is 18.5 Å². The number of carbonyl (C=O) groups is 4. The summed E-state index contributed by atoms with van der Waals surface area (Å²) in [6.07, 6.45) is 1.32. The summed E-state index contributed by atoms with van der Waals surface area (Å²) in [5, 5.41) is 8.90. The molecule has 0 unspecified atom stereocenters. The zero-order valence-electron chi connectivity index (χ0n) is 25.1. The summed E-state index contributed by atoms with van der Waals surface area (Å²) in [4.78, 5) is 53.7. The molecule has 44 heavy (non-hydrogen) atoms. The fourth-order valence-electron chi connectivity index (χ4n) is 6.53. The number of rotatable bonds is 12. The van der Waals surface area contributed by atoms with Gasteiger partial charge in [-0.05, 0) is 69.2 Å². The molecule has 6 atom stereocenters. The summed E-state index contributed by atoms with van der Waals surface area (Å²) < 4.78 is 50.1. The van der Waals surface area contributed by atoms with Crippen LogP contribution in [0.25, 0.3) is 0 Å². The first-order valence-electron chi connectivity index (χ1n) is 15.1. The lowest BCUT2D eigenvalue weighted by Crippen LogP contribution is -2.70. The van der Waals surface area contributed by atoms with E-state index in [0.29, 0.717) is 36.5 Å². The van der Waals surface area contributed by atoms with Gasteiger partial charge in [-0.2, -0.15) is 4.39 Å². The monoisotopic (exact) mass is 640 g/mol. The number of amides is 3. The second kappa shape index (κ2) is 14.2. The number of anilines is 1. The number of hydrogen-bond donors (Lipinski definition) is 3. The van der Waals surface area contributed by atoms with Crippen LogP contribution in [0.4, 0.5) is 18.9 Å². The van der Waals surface area contributed by atoms with Crippen LogP contribution in [-0.4, -0.2) is 71.8 Å². The zero-order chi connectivity index (χ0) is 32.2. The molecule has 1 aliphatic carbocycles. The molecule has 2 bridgehead atoms. The first-order chi connectivity index (χ1) is 20.8. The molecule has 3 heterocycles. The van der Waals surface area contributed by atoms with Gasteiger partial charge in [0.25, 0.3) is 5.92 Å². The third-order valence-corrected chi connectivity index (χ3v) is 8.71. The second-order valence-electron chi connectivity index (χ2n) is 12.2. The number of fused-ring (bicyclic) bond motifs is 3. The number of piperidine rings is 2. The molecule has 0 radical (unpaired) electrons. The SMILES string of the molecule is CCOC(=O)/C(F)=C/[C@H](C[C@H]1CCNC1=O)NC(=O)[C@@H]1[C@H]2CC[C@H](CC2(F)F)N1C(=O)[C@H](CC(C)C)Nc1cccc(Cl)c1. The van der Waals surface area contributed by atoms with E-state index >= 15 is 8.78 Å². The van der Waals surface area contributed by atoms with Crippen LogP contribution in [0.15, 0.2) is 36.2 Å². The highest BCUT2D eigenvalue weighted by Crippen LogP contribution is 2.49. The van der Waals surface area contributed by atoms with E-state index in [1.165, 1.54) is 11.8 Å². The fourth-order valence-corrected chi connectivity index (χ4v) is 6.72. The number of benzene rings is 1. The molecule has 13 heteroatoms. The first-order valence-corrected chi connectivity index (χ1v) is 15.5. The zero-order valence-corrected chi connectivity index (χ0v) is 25.8. The van der Waals surface area contributed by atoms with E-state index in [1.54, 1.807) is 24.3 Å². The Kier molecular flexibility index (Phi) is 10.9. The lowest BCUT2D eigenvalue weighted by Gasteiger charge is -2.54. The summed E-state index contributed by atoms with van der Waals surface area (Å²) >= 11 is 6.14. The van der Waals surface area contributed by atoms with Crippen molar-refractivity contribution in [2.24, 2.45) is 17.8 Å². The van der Waals surface area contributed by atoms with Crippen LogP contribution < -0.4 is 16.0 Å². The van der Waals surface area contributed by atoms with Gasteiger partial charge in [0.1, 0.15) is 12.1 Å². The van der Waals surface area contributed by atoms with Crippen LogP contribution in [0.5, 0.6) is 0 Å². The van der Waals surface area contributed by atoms with Crippen molar-refractivity contribution in [1.82, 2.24) is 15.5 Å². The number of ether oxygens (including phenoxy) is 1. The Bertz CT molecular complexity index is 1280. The summed E-state index contributed by atoms with van der Waals surface area (Å²) in [6, 6.07) is 2.33. The highest BCUT2D eigenvalue weighted by Gasteiger charge is 2.61. The third kappa shape index (κ3) is 7.86. The maximum atomic E-state index is 15.3. The number of hydrogen-bond acceptors (Lipinski definition) is 6. The number of nitrogens with one attached hydrogen (secondary N) is 3. The molecular formula is C31H40ClF3N4O5. The highest BCUT2D eigenvalue weighted by molar-refractivity contribution is 6.30. The van der Waals surface area contributed by atoms with Gasteiger partial charge in [-0.15, -0.1) is 0 Å². The van der Waals surface area contributed by atoms with Crippen molar-refractivity contribution in [3.63, 3.8) is 0 Å². The Morgan fingerprint density at radius 3 is 2.59 bits per heavy atom. The topological polar surface area (TPSA) is 117 Å². The van der Waals surface area contributed by atoms with Crippen LogP contribution in [0.1, 0.15) is 59.3 Å². The van der Waals surface area contributed by atoms with Gasteiger partial charge in [-0.25, -0.2) is 13.6 Å². The van der Waals surface area contributed by atoms with E-state index in [9.17, 15) is 23.6 Å². The normalized spacial score (nSPS) is 25.8. The van der Waals surface area contributed by atoms with Gasteiger partial charge in [0.2, 0.25) is 23.5 Å². The molecule has 0 spiro atoms. The van der Waals surface area contributed by atoms with Crippen molar-refractivity contribution in [3.05, 3.63) is 41.2 Å². The van der Waals surface area contributed by atoms with Gasteiger partial charge >= 0.3 is 5.97 Å². The summed E-state index contributed by atoms with van der Waals surface area (Å²) in [6.45, 7) is 5.67. The van der Waals surface area contributed by atoms with Crippen molar-refractivity contribution in [2.45, 2.75) is 89.4 Å². The van der Waals surface area contributed by atoms with Gasteiger partial charge in [0, 0.05) is 35.6 Å². The molecule has 3 N–H and O–H groups in total. The molecule has 1 aromatic carbocycles. The Balaban J connectivity index is 1.65. The van der Waals surface area contributed by atoms with Gasteiger partial charge in [-0.3, -0.25) is 14.4 Å². The number of nitrogens with zero attached hydrogens (tertiary/aromatic N) is 1. The predicted molar refractivity (Wildman–Crippen MR) is 159 cm³/mol. The smallest absolute Gasteiger partial charge is 0.366 e. The van der Waals surface area contributed by atoms with Crippen molar-refractivity contribution in [3.8, 4) is 0 Å². The molecule has 3 amide bonds. The number of carbonyl (C=O) groups excluding carboxylic acids is 4. The van der Waals surface area contributed by atoms with Gasteiger partial charge in [0.15, 0.2) is 0 Å². The first kappa shape index (κ1) is 33.6. The molecular weight excluding hydrogens is 601 g/mol. The van der Waals surface area contributed by atoms with E-state index in [0.717, 1.165) is 6.08 Å². The summed E-state index contributed by atoms with van der Waals surface area (Å²) in [5.41, 5.74) is 0.569. The van der Waals surface area contributed by atoms with Crippen molar-refractivity contribution in [1.29, 1.82) is 0 Å². The predicted octanol–water partition coefficient (Wildman–Crippen LogP) is 4.61. The average molecular weight is 641 g/mol. The van der Waals surface area contributed by atoms with E-state index < -0.39 is 72.0 Å². The molecule has 9 nitrogen and oxygen atoms in total. The average Bonchev–Trinajstić information content (AvgIpc) is 3.35. The molecule has 3 aliphatic heterocycles. The minimum atomic E-state index is -3.21. The minimum absolute atomic E-state index is 0.0266. The summed E-state index contributed by atoms with van der Waals surface area (Å²) in [5.74, 6) is -9.42. The summed E-state index contributed by atoms with van der Waals surface area (Å²) in [7, 11) is 0. The molecule has 5 rings (SSSR count). The van der Waals surface area contributed by atoms with E-state index in [4.69, 9.17) is 16.3 Å². The Morgan fingerprint density at radius 1 is 1.23 bits per heavy atom. The van der Waals surface area contributed by atoms with Crippen LogP contribution in [0, 0.1) is 17.8 Å². The largest absolute Gasteiger partial charge is 0.461 e. The Labute approximate surface area is 260 Å². The van der Waals surface area contributed by atoms with Crippen LogP contribution >= 0.6 is 11.6 Å². The van der Waals surface area contributed by atoms with Crippen molar-refractivity contribution >= 4 is 41.0 Å². The van der Waals surface area contributed by atoms with E-state index in [2.05, 4.69) is 16.0 Å². The van der Waals surface area contributed by atoms with Gasteiger partial charge in [-0.1, -0.05) is 31.5 Å². The maximum Gasteiger partial charge on any atom is 0.366 e. The molecule has 4 aliphatic rings. The van der Waals surface area contributed by atoms with Crippen LogP contribution in [0.3, 0.4) is 0 Å². The Hall–Kier alpha value is -3.28. The molecule has 0 aromatic heterocycles. The number of alkyl halides is 2. The van der Waals surface area contributed by atoms with E-state index in [-0.39, 0.29) is 31.3 Å². The minimum Gasteiger partial charge on any atom is -0.461 e. The lowest BCUT2D eigenvalue weighted by molar-refractivity contribution is -0.194. The lowest BCUT2D eigenvalue weighted by atomic mass is 9.71. The van der Waals surface area contributed by atoms with Gasteiger partial charge in [0.05, 0.1) is 18.6 Å². The fraction of sp³-hybridized carbons (Fsp3) is 0.613. The standard InChI is InChI=1S/C31H40ClF3N4O5/c1-4-44-30(43)24(33)15-21(13-18-10-11-36-27(18)40)38-28(41)26-23-9-8-22(16-31(23,34)35)39(26)29(42)25(12-17(2)3)37-20-7-5-6-19(32)14-20/h5-7,14-15,17-18,21-23,25-26,37H,4,8-13,16H2,1-3H3,(H,36,40)(H,38,41)/b24-15-/t18-,21+,22-,23-,25+,26+/m1/s1. The number of halogens is 4. The second-order valence-corrected chi connectivity index (χ2v) is 12.6. The van der Waals surface area contributed by atoms with E-state index in [1.807, 2.05) is 13.8 Å². The molecule has 242 valence electrons. The highest BCUT2D eigenvalue weighted by atomic mass is 35.5. The Morgan fingerprint density at radius 2 is 1.98 bits per heavy atom. The molecule has 1 saturated carbocycles. The van der Waals surface area contributed by atoms with Gasteiger partial charge < -0.3 is 25.6 Å². The third-order valence-electron chi connectivity index (χ3n) is 8.48. The number of esters is 1. The van der Waals surface area contributed by atoms with Crippen molar-refractivity contribution < 1.29 is 37.1 Å².